The first-order chi connectivity index (χ1) is 14.0. The van der Waals surface area contributed by atoms with Gasteiger partial charge in [0.2, 0.25) is 5.91 Å². The van der Waals surface area contributed by atoms with E-state index in [1.54, 1.807) is 36.4 Å². The monoisotopic (exact) mass is 409 g/mol. The largest absolute Gasteiger partial charge is 0.465 e. The van der Waals surface area contributed by atoms with Crippen molar-refractivity contribution in [3.05, 3.63) is 81.8 Å². The van der Waals surface area contributed by atoms with Crippen molar-refractivity contribution in [1.29, 1.82) is 0 Å². The first-order valence-corrected chi connectivity index (χ1v) is 9.72. The molecule has 2 aromatic heterocycles. The Labute approximate surface area is 171 Å². The minimum absolute atomic E-state index is 0.160. The van der Waals surface area contributed by atoms with Crippen molar-refractivity contribution in [2.45, 2.75) is 13.0 Å². The van der Waals surface area contributed by atoms with Gasteiger partial charge in [-0.25, -0.2) is 4.79 Å². The Morgan fingerprint density at radius 1 is 1.10 bits per heavy atom. The van der Waals surface area contributed by atoms with E-state index in [2.05, 4.69) is 15.6 Å². The first-order valence-electron chi connectivity index (χ1n) is 8.77. The third kappa shape index (κ3) is 5.73. The molecule has 3 aromatic rings. The van der Waals surface area contributed by atoms with E-state index in [0.29, 0.717) is 16.9 Å². The molecule has 3 rings (SSSR count). The van der Waals surface area contributed by atoms with Gasteiger partial charge < -0.3 is 15.4 Å². The van der Waals surface area contributed by atoms with E-state index >= 15 is 0 Å². The van der Waals surface area contributed by atoms with Crippen LogP contribution in [0.3, 0.4) is 0 Å². The van der Waals surface area contributed by atoms with Crippen LogP contribution in [0.4, 0.5) is 5.69 Å². The maximum absolute atomic E-state index is 12.3. The number of methoxy groups -OCH3 is 1. The molecule has 148 valence electrons. The highest BCUT2D eigenvalue weighted by Gasteiger charge is 2.13. The molecule has 29 heavy (non-hydrogen) atoms. The van der Waals surface area contributed by atoms with Crippen LogP contribution in [0.25, 0.3) is 0 Å². The smallest absolute Gasteiger partial charge is 0.337 e. The van der Waals surface area contributed by atoms with E-state index in [4.69, 9.17) is 4.74 Å². The highest BCUT2D eigenvalue weighted by atomic mass is 32.1. The van der Waals surface area contributed by atoms with Gasteiger partial charge in [-0.1, -0.05) is 6.07 Å². The Kier molecular flexibility index (Phi) is 6.70. The summed E-state index contributed by atoms with van der Waals surface area (Å²) < 4.78 is 4.78. The number of amides is 2. The third-order valence-electron chi connectivity index (χ3n) is 3.99. The quantitative estimate of drug-likeness (QED) is 0.585. The Morgan fingerprint density at radius 3 is 2.66 bits per heavy atom. The molecule has 0 aliphatic rings. The van der Waals surface area contributed by atoms with Crippen LogP contribution >= 0.6 is 11.3 Å². The molecule has 8 heteroatoms. The molecule has 0 saturated heterocycles. The van der Waals surface area contributed by atoms with Crippen LogP contribution < -0.4 is 10.6 Å². The molecule has 2 N–H and O–H groups in total. The molecule has 2 heterocycles. The number of pyridine rings is 1. The molecule has 0 radical (unpaired) electrons. The number of carbonyl (C=O) groups excluding carboxylic acids is 3. The zero-order valence-electron chi connectivity index (χ0n) is 15.7. The molecule has 0 aliphatic carbocycles. The number of ether oxygens (including phenoxy) is 1. The Morgan fingerprint density at radius 2 is 1.97 bits per heavy atom. The molecule has 0 atom stereocenters. The van der Waals surface area contributed by atoms with Crippen LogP contribution in [0.2, 0.25) is 0 Å². The number of benzene rings is 1. The lowest BCUT2D eigenvalue weighted by atomic mass is 10.1. The van der Waals surface area contributed by atoms with Crippen LogP contribution in [0, 0.1) is 0 Å². The second-order valence-corrected chi connectivity index (χ2v) is 6.94. The molecule has 2 amide bonds. The van der Waals surface area contributed by atoms with Gasteiger partial charge in [0.05, 0.1) is 19.1 Å². The molecular weight excluding hydrogens is 390 g/mol. The summed E-state index contributed by atoms with van der Waals surface area (Å²) in [6, 6.07) is 11.8. The van der Waals surface area contributed by atoms with Crippen LogP contribution in [0.15, 0.2) is 59.4 Å². The van der Waals surface area contributed by atoms with Crippen LogP contribution in [-0.4, -0.2) is 29.9 Å². The maximum atomic E-state index is 12.3. The molecule has 0 saturated carbocycles. The molecule has 0 fully saturated rings. The molecule has 0 spiro atoms. The number of hydrogen-bond acceptors (Lipinski definition) is 6. The van der Waals surface area contributed by atoms with Gasteiger partial charge in [-0.2, -0.15) is 11.3 Å². The standard InChI is InChI=1S/C21H19N3O4S/c1-28-21(27)16-8-15(12-23-20(26)18-4-2-3-6-22-18)9-17(11-16)24-19(25)10-14-5-7-29-13-14/h2-9,11,13H,10,12H2,1H3,(H,23,26)(H,24,25). The number of esters is 1. The van der Waals surface area contributed by atoms with Crippen molar-refractivity contribution < 1.29 is 19.1 Å². The van der Waals surface area contributed by atoms with Crippen LogP contribution in [-0.2, 0) is 22.5 Å². The predicted molar refractivity (Wildman–Crippen MR) is 110 cm³/mol. The van der Waals surface area contributed by atoms with Crippen molar-refractivity contribution >= 4 is 34.8 Å². The normalized spacial score (nSPS) is 10.2. The maximum Gasteiger partial charge on any atom is 0.337 e. The highest BCUT2D eigenvalue weighted by molar-refractivity contribution is 7.08. The van der Waals surface area contributed by atoms with Crippen molar-refractivity contribution in [3.63, 3.8) is 0 Å². The summed E-state index contributed by atoms with van der Waals surface area (Å²) in [4.78, 5) is 40.5. The second kappa shape index (κ2) is 9.61. The predicted octanol–water partition coefficient (Wildman–Crippen LogP) is 3.04. The molecule has 0 unspecified atom stereocenters. The van der Waals surface area contributed by atoms with Crippen molar-refractivity contribution in [3.8, 4) is 0 Å². The summed E-state index contributed by atoms with van der Waals surface area (Å²) in [5.41, 5.74) is 2.58. The number of aromatic nitrogens is 1. The summed E-state index contributed by atoms with van der Waals surface area (Å²) >= 11 is 1.52. The van der Waals surface area contributed by atoms with Gasteiger partial charge in [-0.15, -0.1) is 0 Å². The number of thiophene rings is 1. The van der Waals surface area contributed by atoms with Gasteiger partial charge in [0.15, 0.2) is 0 Å². The van der Waals surface area contributed by atoms with Gasteiger partial charge in [0.25, 0.3) is 5.91 Å². The highest BCUT2D eigenvalue weighted by Crippen LogP contribution is 2.17. The minimum atomic E-state index is -0.531. The van der Waals surface area contributed by atoms with E-state index in [1.807, 2.05) is 16.8 Å². The fourth-order valence-corrected chi connectivity index (χ4v) is 3.32. The van der Waals surface area contributed by atoms with Gasteiger partial charge in [0.1, 0.15) is 5.69 Å². The summed E-state index contributed by atoms with van der Waals surface area (Å²) in [5.74, 6) is -1.07. The van der Waals surface area contributed by atoms with E-state index in [9.17, 15) is 14.4 Å². The number of nitrogens with one attached hydrogen (secondary N) is 2. The Balaban J connectivity index is 1.73. The molecule has 0 aliphatic heterocycles. The molecule has 7 nitrogen and oxygen atoms in total. The fourth-order valence-electron chi connectivity index (χ4n) is 2.66. The summed E-state index contributed by atoms with van der Waals surface area (Å²) in [6.07, 6.45) is 1.77. The first kappa shape index (κ1) is 20.2. The van der Waals surface area contributed by atoms with Gasteiger partial charge in [0, 0.05) is 18.4 Å². The minimum Gasteiger partial charge on any atom is -0.465 e. The zero-order valence-corrected chi connectivity index (χ0v) is 16.5. The second-order valence-electron chi connectivity index (χ2n) is 6.16. The van der Waals surface area contributed by atoms with E-state index < -0.39 is 5.97 Å². The topological polar surface area (TPSA) is 97.4 Å². The van der Waals surface area contributed by atoms with Gasteiger partial charge in [-0.05, 0) is 58.3 Å². The van der Waals surface area contributed by atoms with Crippen molar-refractivity contribution in [2.75, 3.05) is 12.4 Å². The zero-order chi connectivity index (χ0) is 20.6. The van der Waals surface area contributed by atoms with Crippen LogP contribution in [0.1, 0.15) is 32.0 Å². The Bertz CT molecular complexity index is 1000. The van der Waals surface area contributed by atoms with E-state index in [0.717, 1.165) is 5.56 Å². The van der Waals surface area contributed by atoms with E-state index in [1.165, 1.54) is 24.6 Å². The van der Waals surface area contributed by atoms with Crippen molar-refractivity contribution in [2.24, 2.45) is 0 Å². The lowest BCUT2D eigenvalue weighted by Crippen LogP contribution is -2.24. The number of nitrogens with zero attached hydrogens (tertiary/aromatic N) is 1. The average Bonchev–Trinajstić information content (AvgIpc) is 3.24. The number of hydrogen-bond donors (Lipinski definition) is 2. The average molecular weight is 409 g/mol. The molecular formula is C21H19N3O4S. The third-order valence-corrected chi connectivity index (χ3v) is 4.73. The van der Waals surface area contributed by atoms with Gasteiger partial charge in [-0.3, -0.25) is 14.6 Å². The van der Waals surface area contributed by atoms with Gasteiger partial charge >= 0.3 is 5.97 Å². The number of carbonyl (C=O) groups is 3. The SMILES string of the molecule is COC(=O)c1cc(CNC(=O)c2ccccn2)cc(NC(=O)Cc2ccsc2)c1. The van der Waals surface area contributed by atoms with Crippen LogP contribution in [0.5, 0.6) is 0 Å². The summed E-state index contributed by atoms with van der Waals surface area (Å²) in [6.45, 7) is 0.160. The fraction of sp³-hybridized carbons (Fsp3) is 0.143. The summed E-state index contributed by atoms with van der Waals surface area (Å²) in [5, 5.41) is 9.35. The lowest BCUT2D eigenvalue weighted by molar-refractivity contribution is -0.115. The molecule has 1 aromatic carbocycles. The Hall–Kier alpha value is -3.52. The number of anilines is 1. The lowest BCUT2D eigenvalue weighted by Gasteiger charge is -2.11. The van der Waals surface area contributed by atoms with Crippen molar-refractivity contribution in [1.82, 2.24) is 10.3 Å². The molecule has 0 bridgehead atoms. The van der Waals surface area contributed by atoms with E-state index in [-0.39, 0.29) is 30.3 Å². The summed E-state index contributed by atoms with van der Waals surface area (Å²) in [7, 11) is 1.28. The number of rotatable bonds is 7.